The molecule has 108 valence electrons. The molecule has 5 heteroatoms. The van der Waals surface area contributed by atoms with Crippen molar-refractivity contribution in [2.75, 3.05) is 0 Å². The number of nitrogens with zero attached hydrogens (tertiary/aromatic N) is 1. The van der Waals surface area contributed by atoms with Crippen molar-refractivity contribution in [2.24, 2.45) is 0 Å². The third-order valence-corrected chi connectivity index (χ3v) is 4.23. The lowest BCUT2D eigenvalue weighted by molar-refractivity contribution is 0.593. The van der Waals surface area contributed by atoms with Crippen molar-refractivity contribution in [3.63, 3.8) is 0 Å². The highest BCUT2D eigenvalue weighted by atomic mass is 79.9. The van der Waals surface area contributed by atoms with Crippen LogP contribution in [0.15, 0.2) is 63.5 Å². The first-order valence-electron chi connectivity index (χ1n) is 6.71. The summed E-state index contributed by atoms with van der Waals surface area (Å²) >= 11 is 9.67. The number of halogens is 2. The lowest BCUT2D eigenvalue weighted by atomic mass is 10.2. The molecule has 2 heterocycles. The van der Waals surface area contributed by atoms with Crippen LogP contribution in [0.2, 0.25) is 5.02 Å². The van der Waals surface area contributed by atoms with Gasteiger partial charge in [0.05, 0.1) is 16.1 Å². The van der Waals surface area contributed by atoms with Crippen LogP contribution in [0.4, 0.5) is 0 Å². The molecule has 0 aliphatic carbocycles. The van der Waals surface area contributed by atoms with E-state index >= 15 is 0 Å². The van der Waals surface area contributed by atoms with Crippen LogP contribution in [0.3, 0.4) is 0 Å². The van der Waals surface area contributed by atoms with Gasteiger partial charge in [0, 0.05) is 10.0 Å². The third kappa shape index (κ3) is 2.34. The number of furan rings is 1. The monoisotopic (exact) mass is 372 g/mol. The molecule has 0 amide bonds. The smallest absolute Gasteiger partial charge is 0.174 e. The molecule has 0 bridgehead atoms. The zero-order valence-corrected chi connectivity index (χ0v) is 13.6. The highest BCUT2D eigenvalue weighted by Gasteiger charge is 2.12. The minimum absolute atomic E-state index is 0.639. The first-order valence-corrected chi connectivity index (χ1v) is 7.88. The van der Waals surface area contributed by atoms with Crippen molar-refractivity contribution in [1.29, 1.82) is 0 Å². The SMILES string of the molecule is Clc1cc(Br)ccc1-c1ccc(-c2nc3ccccc3[nH]2)o1. The van der Waals surface area contributed by atoms with E-state index in [0.29, 0.717) is 22.4 Å². The zero-order chi connectivity index (χ0) is 15.1. The molecular weight excluding hydrogens is 364 g/mol. The van der Waals surface area contributed by atoms with Gasteiger partial charge in [0.2, 0.25) is 0 Å². The molecule has 1 N–H and O–H groups in total. The summed E-state index contributed by atoms with van der Waals surface area (Å²) in [5, 5.41) is 0.639. The Bertz CT molecular complexity index is 941. The fraction of sp³-hybridized carbons (Fsp3) is 0. The quantitative estimate of drug-likeness (QED) is 0.475. The average molecular weight is 374 g/mol. The number of benzene rings is 2. The second-order valence-corrected chi connectivity index (χ2v) is 6.21. The highest BCUT2D eigenvalue weighted by molar-refractivity contribution is 9.10. The van der Waals surface area contributed by atoms with Crippen molar-refractivity contribution < 1.29 is 4.42 Å². The Labute approximate surface area is 140 Å². The fourth-order valence-electron chi connectivity index (χ4n) is 2.37. The molecule has 0 aliphatic heterocycles. The average Bonchev–Trinajstić information content (AvgIpc) is 3.13. The van der Waals surface area contributed by atoms with E-state index in [1.807, 2.05) is 54.6 Å². The standard InChI is InChI=1S/C17H10BrClN2O/c18-10-5-6-11(12(19)9-10)15-7-8-16(22-15)17-20-13-3-1-2-4-14(13)21-17/h1-9H,(H,20,21). The number of hydrogen-bond donors (Lipinski definition) is 1. The number of hydrogen-bond acceptors (Lipinski definition) is 2. The molecule has 3 nitrogen and oxygen atoms in total. The molecule has 0 unspecified atom stereocenters. The molecule has 0 spiro atoms. The maximum Gasteiger partial charge on any atom is 0.174 e. The van der Waals surface area contributed by atoms with Gasteiger partial charge in [-0.05, 0) is 42.5 Å². The van der Waals surface area contributed by atoms with Crippen LogP contribution >= 0.6 is 27.5 Å². The molecule has 0 atom stereocenters. The predicted octanol–water partition coefficient (Wildman–Crippen LogP) is 5.91. The normalized spacial score (nSPS) is 11.2. The Kier molecular flexibility index (Phi) is 3.28. The molecule has 22 heavy (non-hydrogen) atoms. The molecule has 0 radical (unpaired) electrons. The van der Waals surface area contributed by atoms with Crippen LogP contribution in [0.25, 0.3) is 33.9 Å². The van der Waals surface area contributed by atoms with Crippen LogP contribution in [0, 0.1) is 0 Å². The van der Waals surface area contributed by atoms with Gasteiger partial charge in [-0.3, -0.25) is 0 Å². The molecule has 2 aromatic carbocycles. The number of nitrogens with one attached hydrogen (secondary N) is 1. The van der Waals surface area contributed by atoms with Gasteiger partial charge in [-0.15, -0.1) is 0 Å². The van der Waals surface area contributed by atoms with Crippen molar-refractivity contribution in [3.05, 3.63) is 64.1 Å². The summed E-state index contributed by atoms with van der Waals surface area (Å²) in [7, 11) is 0. The second-order valence-electron chi connectivity index (χ2n) is 4.89. The van der Waals surface area contributed by atoms with Crippen LogP contribution in [0.1, 0.15) is 0 Å². The summed E-state index contributed by atoms with van der Waals surface area (Å²) in [6.45, 7) is 0. The van der Waals surface area contributed by atoms with E-state index in [1.165, 1.54) is 0 Å². The van der Waals surface area contributed by atoms with Gasteiger partial charge in [0.25, 0.3) is 0 Å². The maximum absolute atomic E-state index is 6.27. The third-order valence-electron chi connectivity index (χ3n) is 3.43. The number of H-pyrrole nitrogens is 1. The van der Waals surface area contributed by atoms with Gasteiger partial charge in [-0.25, -0.2) is 4.98 Å². The van der Waals surface area contributed by atoms with E-state index in [9.17, 15) is 0 Å². The van der Waals surface area contributed by atoms with Gasteiger partial charge in [-0.1, -0.05) is 39.7 Å². The van der Waals surface area contributed by atoms with Crippen LogP contribution in [-0.2, 0) is 0 Å². The number of para-hydroxylation sites is 2. The molecular formula is C17H10BrClN2O. The second kappa shape index (κ2) is 5.30. The fourth-order valence-corrected chi connectivity index (χ4v) is 3.14. The van der Waals surface area contributed by atoms with E-state index in [4.69, 9.17) is 16.0 Å². The van der Waals surface area contributed by atoms with Crippen molar-refractivity contribution in [2.45, 2.75) is 0 Å². The zero-order valence-electron chi connectivity index (χ0n) is 11.3. The molecule has 0 fully saturated rings. The Morgan fingerprint density at radius 2 is 1.82 bits per heavy atom. The molecule has 0 aliphatic rings. The highest BCUT2D eigenvalue weighted by Crippen LogP contribution is 2.33. The number of rotatable bonds is 2. The molecule has 2 aromatic heterocycles. The summed E-state index contributed by atoms with van der Waals surface area (Å²) in [5.41, 5.74) is 2.75. The topological polar surface area (TPSA) is 41.8 Å². The number of imidazole rings is 1. The van der Waals surface area contributed by atoms with Gasteiger partial charge in [-0.2, -0.15) is 0 Å². The summed E-state index contributed by atoms with van der Waals surface area (Å²) in [6, 6.07) is 17.4. The summed E-state index contributed by atoms with van der Waals surface area (Å²) in [4.78, 5) is 7.79. The molecule has 0 saturated carbocycles. The lowest BCUT2D eigenvalue weighted by Gasteiger charge is -2.01. The van der Waals surface area contributed by atoms with Crippen LogP contribution < -0.4 is 0 Å². The predicted molar refractivity (Wildman–Crippen MR) is 91.9 cm³/mol. The number of aromatic nitrogens is 2. The Morgan fingerprint density at radius 3 is 2.64 bits per heavy atom. The van der Waals surface area contributed by atoms with Crippen LogP contribution in [0.5, 0.6) is 0 Å². The van der Waals surface area contributed by atoms with E-state index in [0.717, 1.165) is 21.1 Å². The summed E-state index contributed by atoms with van der Waals surface area (Å²) < 4.78 is 6.85. The Balaban J connectivity index is 1.77. The first-order chi connectivity index (χ1) is 10.7. The minimum Gasteiger partial charge on any atom is -0.453 e. The van der Waals surface area contributed by atoms with E-state index in [2.05, 4.69) is 25.9 Å². The van der Waals surface area contributed by atoms with E-state index < -0.39 is 0 Å². The maximum atomic E-state index is 6.27. The number of aromatic amines is 1. The summed E-state index contributed by atoms with van der Waals surface area (Å²) in [5.74, 6) is 2.11. The minimum atomic E-state index is 0.639. The first kappa shape index (κ1) is 13.6. The van der Waals surface area contributed by atoms with Gasteiger partial charge in [0.1, 0.15) is 5.76 Å². The molecule has 0 saturated heterocycles. The molecule has 4 aromatic rings. The largest absolute Gasteiger partial charge is 0.453 e. The van der Waals surface area contributed by atoms with Crippen molar-refractivity contribution >= 4 is 38.6 Å². The Hall–Kier alpha value is -2.04. The molecule has 4 rings (SSSR count). The van der Waals surface area contributed by atoms with E-state index in [1.54, 1.807) is 0 Å². The van der Waals surface area contributed by atoms with Gasteiger partial charge >= 0.3 is 0 Å². The number of fused-ring (bicyclic) bond motifs is 1. The lowest BCUT2D eigenvalue weighted by Crippen LogP contribution is -1.77. The van der Waals surface area contributed by atoms with Gasteiger partial charge < -0.3 is 9.40 Å². The summed E-state index contributed by atoms with van der Waals surface area (Å²) in [6.07, 6.45) is 0. The Morgan fingerprint density at radius 1 is 1.00 bits per heavy atom. The van der Waals surface area contributed by atoms with Crippen molar-refractivity contribution in [3.8, 4) is 22.9 Å². The van der Waals surface area contributed by atoms with E-state index in [-0.39, 0.29) is 0 Å². The van der Waals surface area contributed by atoms with Gasteiger partial charge in [0.15, 0.2) is 11.6 Å². The van der Waals surface area contributed by atoms with Crippen molar-refractivity contribution in [1.82, 2.24) is 9.97 Å². The van der Waals surface area contributed by atoms with Crippen LogP contribution in [-0.4, -0.2) is 9.97 Å².